The van der Waals surface area contributed by atoms with Gasteiger partial charge in [-0.1, -0.05) is 24.3 Å². The zero-order valence-corrected chi connectivity index (χ0v) is 16.2. The fourth-order valence-corrected chi connectivity index (χ4v) is 3.60. The predicted molar refractivity (Wildman–Crippen MR) is 110 cm³/mol. The fourth-order valence-electron chi connectivity index (χ4n) is 3.60. The topological polar surface area (TPSA) is 68.5 Å². The molecular formula is C23H20N3O3+. The third-order valence-electron chi connectivity index (χ3n) is 5.14. The normalized spacial score (nSPS) is 11.0. The summed E-state index contributed by atoms with van der Waals surface area (Å²) < 4.78 is 3.78. The van der Waals surface area contributed by atoms with Gasteiger partial charge in [-0.25, -0.2) is 0 Å². The van der Waals surface area contributed by atoms with Crippen molar-refractivity contribution in [3.8, 4) is 11.1 Å². The average molecular weight is 386 g/mol. The third-order valence-corrected chi connectivity index (χ3v) is 5.14. The van der Waals surface area contributed by atoms with Crippen LogP contribution in [0.4, 0.5) is 5.69 Å². The molecule has 6 heteroatoms. The quantitative estimate of drug-likeness (QED) is 0.222. The number of carbonyl (C=O) groups excluding carboxylic acids is 1. The smallest absolute Gasteiger partial charge is 0.270 e. The number of benzene rings is 1. The zero-order chi connectivity index (χ0) is 20.5. The molecule has 6 nitrogen and oxygen atoms in total. The molecule has 0 aliphatic heterocycles. The van der Waals surface area contributed by atoms with E-state index in [2.05, 4.69) is 0 Å². The highest BCUT2D eigenvalue weighted by Crippen LogP contribution is 2.31. The minimum atomic E-state index is -0.421. The van der Waals surface area contributed by atoms with Crippen LogP contribution in [0.2, 0.25) is 0 Å². The van der Waals surface area contributed by atoms with Gasteiger partial charge in [0.05, 0.1) is 4.92 Å². The average Bonchev–Trinajstić information content (AvgIpc) is 3.11. The first-order chi connectivity index (χ1) is 14.0. The van der Waals surface area contributed by atoms with E-state index >= 15 is 0 Å². The number of fused-ring (bicyclic) bond motifs is 1. The number of carbonyl (C=O) groups is 1. The molecule has 0 amide bonds. The lowest BCUT2D eigenvalue weighted by Gasteiger charge is -2.06. The molecule has 0 aliphatic rings. The second-order valence-electron chi connectivity index (χ2n) is 7.05. The largest absolute Gasteiger partial charge is 0.313 e. The van der Waals surface area contributed by atoms with Crippen LogP contribution in [-0.2, 0) is 6.54 Å². The van der Waals surface area contributed by atoms with Gasteiger partial charge in [-0.2, -0.15) is 4.57 Å². The van der Waals surface area contributed by atoms with Crippen LogP contribution in [0, 0.1) is 24.0 Å². The molecule has 0 spiro atoms. The number of hydrogen-bond acceptors (Lipinski definition) is 3. The molecule has 144 valence electrons. The van der Waals surface area contributed by atoms with Crippen LogP contribution in [0.15, 0.2) is 73.1 Å². The molecule has 0 unspecified atom stereocenters. The molecule has 4 rings (SSSR count). The molecule has 0 radical (unpaired) electrons. The summed E-state index contributed by atoms with van der Waals surface area (Å²) in [7, 11) is 0. The van der Waals surface area contributed by atoms with Gasteiger partial charge in [0.1, 0.15) is 5.69 Å². The molecule has 29 heavy (non-hydrogen) atoms. The van der Waals surface area contributed by atoms with E-state index < -0.39 is 4.92 Å². The maximum absolute atomic E-state index is 13.4. The summed E-state index contributed by atoms with van der Waals surface area (Å²) in [5.41, 5.74) is 4.80. The summed E-state index contributed by atoms with van der Waals surface area (Å²) in [4.78, 5) is 24.2. The Kier molecular flexibility index (Phi) is 4.68. The summed E-state index contributed by atoms with van der Waals surface area (Å²) in [5, 5.41) is 11.2. The summed E-state index contributed by atoms with van der Waals surface area (Å²) in [6, 6.07) is 18.0. The minimum absolute atomic E-state index is 0.00107. The Balaban J connectivity index is 1.90. The van der Waals surface area contributed by atoms with E-state index in [9.17, 15) is 14.9 Å². The summed E-state index contributed by atoms with van der Waals surface area (Å²) >= 11 is 0. The lowest BCUT2D eigenvalue weighted by Crippen LogP contribution is -2.40. The standard InChI is InChI=1S/C23H20N3O3/c1-16-7-6-12-25-21(16)14-20(18-9-5-10-19(13-18)26(28)29)23(25)22(27)15-24-11-4-3-8-17(24)2/h3-14H,15H2,1-2H3/q+1. The summed E-state index contributed by atoms with van der Waals surface area (Å²) in [6.45, 7) is 4.13. The van der Waals surface area contributed by atoms with Gasteiger partial charge in [0.15, 0.2) is 11.9 Å². The van der Waals surface area contributed by atoms with Gasteiger partial charge >= 0.3 is 0 Å². The number of pyridine rings is 2. The lowest BCUT2D eigenvalue weighted by molar-refractivity contribution is -0.689. The number of Topliss-reactive ketones (excluding diaryl/α,β-unsaturated/α-hetero) is 1. The van der Waals surface area contributed by atoms with Crippen molar-refractivity contribution in [2.24, 2.45) is 0 Å². The number of non-ortho nitro benzene ring substituents is 1. The number of nitro groups is 1. The van der Waals surface area contributed by atoms with Crippen molar-refractivity contribution >= 4 is 17.0 Å². The van der Waals surface area contributed by atoms with Crippen molar-refractivity contribution in [1.29, 1.82) is 0 Å². The van der Waals surface area contributed by atoms with Crippen LogP contribution < -0.4 is 4.57 Å². The van der Waals surface area contributed by atoms with Crippen molar-refractivity contribution in [3.63, 3.8) is 0 Å². The van der Waals surface area contributed by atoms with Crippen LogP contribution >= 0.6 is 0 Å². The van der Waals surface area contributed by atoms with E-state index in [1.807, 2.05) is 71.6 Å². The molecule has 3 heterocycles. The number of nitro benzene ring substituents is 1. The molecular weight excluding hydrogens is 366 g/mol. The Morgan fingerprint density at radius 3 is 2.66 bits per heavy atom. The molecule has 0 N–H and O–H groups in total. The van der Waals surface area contributed by atoms with Gasteiger partial charge in [0, 0.05) is 48.5 Å². The molecule has 0 saturated carbocycles. The first-order valence-electron chi connectivity index (χ1n) is 9.29. The van der Waals surface area contributed by atoms with Crippen molar-refractivity contribution in [3.05, 3.63) is 100 Å². The molecule has 0 bridgehead atoms. The number of aromatic nitrogens is 2. The Morgan fingerprint density at radius 1 is 1.07 bits per heavy atom. The SMILES string of the molecule is Cc1cccn2c(C(=O)C[n+]3ccccc3C)c(-c3cccc([N+](=O)[O-])c3)cc12. The molecule has 1 aromatic carbocycles. The number of rotatable bonds is 5. The Bertz CT molecular complexity index is 1260. The van der Waals surface area contributed by atoms with Crippen LogP contribution in [-0.4, -0.2) is 15.1 Å². The highest BCUT2D eigenvalue weighted by molar-refractivity contribution is 6.02. The highest BCUT2D eigenvalue weighted by atomic mass is 16.6. The summed E-state index contributed by atoms with van der Waals surface area (Å²) in [6.07, 6.45) is 3.74. The second-order valence-corrected chi connectivity index (χ2v) is 7.05. The van der Waals surface area contributed by atoms with E-state index in [1.54, 1.807) is 12.1 Å². The number of aryl methyl sites for hydroxylation is 2. The Labute approximate surface area is 167 Å². The summed E-state index contributed by atoms with van der Waals surface area (Å²) in [5.74, 6) is -0.0589. The highest BCUT2D eigenvalue weighted by Gasteiger charge is 2.24. The third kappa shape index (κ3) is 3.40. The van der Waals surface area contributed by atoms with E-state index in [0.29, 0.717) is 16.8 Å². The molecule has 4 aromatic rings. The first kappa shape index (κ1) is 18.6. The van der Waals surface area contributed by atoms with Gasteiger partial charge in [-0.3, -0.25) is 14.9 Å². The van der Waals surface area contributed by atoms with Gasteiger partial charge in [-0.05, 0) is 30.2 Å². The number of nitrogens with zero attached hydrogens (tertiary/aromatic N) is 3. The zero-order valence-electron chi connectivity index (χ0n) is 16.2. The molecule has 3 aromatic heterocycles. The number of hydrogen-bond donors (Lipinski definition) is 0. The maximum atomic E-state index is 13.4. The molecule has 0 saturated heterocycles. The van der Waals surface area contributed by atoms with Crippen LogP contribution in [0.1, 0.15) is 21.7 Å². The first-order valence-corrected chi connectivity index (χ1v) is 9.29. The number of ketones is 1. The van der Waals surface area contributed by atoms with Crippen molar-refractivity contribution < 1.29 is 14.3 Å². The van der Waals surface area contributed by atoms with Gasteiger partial charge in [-0.15, -0.1) is 0 Å². The Hall–Kier alpha value is -3.80. The van der Waals surface area contributed by atoms with Gasteiger partial charge in [0.25, 0.3) is 5.69 Å². The molecule has 0 fully saturated rings. The van der Waals surface area contributed by atoms with Gasteiger partial charge < -0.3 is 4.40 Å². The Morgan fingerprint density at radius 2 is 1.90 bits per heavy atom. The van der Waals surface area contributed by atoms with E-state index in [-0.39, 0.29) is 18.0 Å². The van der Waals surface area contributed by atoms with Gasteiger partial charge in [0.2, 0.25) is 12.3 Å². The fraction of sp³-hybridized carbons (Fsp3) is 0.130. The lowest BCUT2D eigenvalue weighted by atomic mass is 10.0. The van der Waals surface area contributed by atoms with Crippen LogP contribution in [0.5, 0.6) is 0 Å². The maximum Gasteiger partial charge on any atom is 0.270 e. The van der Waals surface area contributed by atoms with Crippen molar-refractivity contribution in [1.82, 2.24) is 4.40 Å². The predicted octanol–water partition coefficient (Wildman–Crippen LogP) is 4.30. The van der Waals surface area contributed by atoms with Crippen molar-refractivity contribution in [2.75, 3.05) is 0 Å². The van der Waals surface area contributed by atoms with E-state index in [4.69, 9.17) is 0 Å². The molecule has 0 atom stereocenters. The monoisotopic (exact) mass is 386 g/mol. The van der Waals surface area contributed by atoms with E-state index in [0.717, 1.165) is 16.8 Å². The van der Waals surface area contributed by atoms with Crippen LogP contribution in [0.3, 0.4) is 0 Å². The van der Waals surface area contributed by atoms with Crippen molar-refractivity contribution in [2.45, 2.75) is 20.4 Å². The van der Waals surface area contributed by atoms with E-state index in [1.165, 1.54) is 12.1 Å². The minimum Gasteiger partial charge on any atom is -0.313 e. The second kappa shape index (κ2) is 7.31. The van der Waals surface area contributed by atoms with Crippen LogP contribution in [0.25, 0.3) is 16.6 Å². The molecule has 0 aliphatic carbocycles.